The maximum Gasteiger partial charge on any atom is 0.333 e. The molecule has 0 amide bonds. The Kier molecular flexibility index (Phi) is 8.87. The SMILES string of the molecule is C=COC(C)OC(C)(OCC)OCCOC(=O)C(=C)C. The molecule has 0 aliphatic heterocycles. The van der Waals surface area contributed by atoms with Crippen molar-refractivity contribution >= 4 is 5.97 Å². The molecule has 0 N–H and O–H groups in total. The predicted molar refractivity (Wildman–Crippen MR) is 73.6 cm³/mol. The van der Waals surface area contributed by atoms with Gasteiger partial charge in [0.05, 0.1) is 12.9 Å². The van der Waals surface area contributed by atoms with Crippen molar-refractivity contribution < 1.29 is 28.5 Å². The first-order valence-corrected chi connectivity index (χ1v) is 6.39. The first kappa shape index (κ1) is 18.6. The van der Waals surface area contributed by atoms with Gasteiger partial charge in [0.15, 0.2) is 0 Å². The number of carbonyl (C=O) groups is 1. The summed E-state index contributed by atoms with van der Waals surface area (Å²) in [5, 5.41) is 0. The van der Waals surface area contributed by atoms with Gasteiger partial charge in [0.1, 0.15) is 6.61 Å². The molecule has 116 valence electrons. The topological polar surface area (TPSA) is 63.2 Å². The van der Waals surface area contributed by atoms with E-state index < -0.39 is 18.2 Å². The average Bonchev–Trinajstić information content (AvgIpc) is 2.34. The molecule has 0 fully saturated rings. The number of hydrogen-bond acceptors (Lipinski definition) is 6. The molecule has 0 saturated heterocycles. The third-order valence-electron chi connectivity index (χ3n) is 2.10. The Morgan fingerprint density at radius 3 is 2.50 bits per heavy atom. The van der Waals surface area contributed by atoms with E-state index in [1.54, 1.807) is 20.8 Å². The third kappa shape index (κ3) is 7.93. The van der Waals surface area contributed by atoms with Crippen molar-refractivity contribution in [2.45, 2.75) is 40.0 Å². The zero-order valence-corrected chi connectivity index (χ0v) is 12.6. The lowest BCUT2D eigenvalue weighted by atomic mass is 10.4. The van der Waals surface area contributed by atoms with E-state index in [-0.39, 0.29) is 13.2 Å². The molecule has 0 aliphatic rings. The molecule has 0 rings (SSSR count). The standard InChI is InChI=1S/C14H24O6/c1-7-16-12(5)20-14(6,18-8-2)19-10-9-17-13(15)11(3)4/h7,12H,1,3,8-10H2,2,4-6H3. The Hall–Kier alpha value is -1.37. The molecular formula is C14H24O6. The van der Waals surface area contributed by atoms with Gasteiger partial charge in [0.2, 0.25) is 6.29 Å². The molecule has 0 bridgehead atoms. The van der Waals surface area contributed by atoms with E-state index in [1.165, 1.54) is 6.26 Å². The van der Waals surface area contributed by atoms with Gasteiger partial charge in [-0.2, -0.15) is 0 Å². The fourth-order valence-corrected chi connectivity index (χ4v) is 1.32. The average molecular weight is 288 g/mol. The fraction of sp³-hybridized carbons (Fsp3) is 0.643. The highest BCUT2D eigenvalue weighted by atomic mass is 16.9. The molecule has 0 aromatic heterocycles. The van der Waals surface area contributed by atoms with E-state index in [0.717, 1.165) is 0 Å². The highest BCUT2D eigenvalue weighted by Gasteiger charge is 2.29. The van der Waals surface area contributed by atoms with Crippen LogP contribution >= 0.6 is 0 Å². The summed E-state index contributed by atoms with van der Waals surface area (Å²) in [4.78, 5) is 11.2. The number of esters is 1. The maximum atomic E-state index is 11.2. The van der Waals surface area contributed by atoms with Crippen LogP contribution in [0.2, 0.25) is 0 Å². The smallest absolute Gasteiger partial charge is 0.333 e. The van der Waals surface area contributed by atoms with Crippen molar-refractivity contribution in [3.05, 3.63) is 25.0 Å². The summed E-state index contributed by atoms with van der Waals surface area (Å²) < 4.78 is 26.3. The van der Waals surface area contributed by atoms with Gasteiger partial charge in [0.25, 0.3) is 5.97 Å². The first-order chi connectivity index (χ1) is 9.34. The number of ether oxygens (including phenoxy) is 5. The van der Waals surface area contributed by atoms with Gasteiger partial charge in [-0.3, -0.25) is 4.74 Å². The maximum absolute atomic E-state index is 11.2. The highest BCUT2D eigenvalue weighted by molar-refractivity contribution is 5.86. The van der Waals surface area contributed by atoms with E-state index in [2.05, 4.69) is 13.2 Å². The lowest BCUT2D eigenvalue weighted by Gasteiger charge is -2.31. The molecule has 0 saturated carbocycles. The highest BCUT2D eigenvalue weighted by Crippen LogP contribution is 2.17. The summed E-state index contributed by atoms with van der Waals surface area (Å²) in [6.07, 6.45) is 0.688. The molecular weight excluding hydrogens is 264 g/mol. The molecule has 0 aromatic carbocycles. The van der Waals surface area contributed by atoms with Crippen LogP contribution in [0.25, 0.3) is 0 Å². The van der Waals surface area contributed by atoms with Crippen LogP contribution in [-0.4, -0.2) is 38.1 Å². The summed E-state index contributed by atoms with van der Waals surface area (Å²) in [5.74, 6) is -1.75. The zero-order chi connectivity index (χ0) is 15.6. The van der Waals surface area contributed by atoms with E-state index in [0.29, 0.717) is 12.2 Å². The number of hydrogen-bond donors (Lipinski definition) is 0. The van der Waals surface area contributed by atoms with Crippen molar-refractivity contribution in [2.24, 2.45) is 0 Å². The molecule has 6 nitrogen and oxygen atoms in total. The van der Waals surface area contributed by atoms with Crippen LogP contribution in [0.1, 0.15) is 27.7 Å². The van der Waals surface area contributed by atoms with Gasteiger partial charge < -0.3 is 18.9 Å². The molecule has 0 spiro atoms. The van der Waals surface area contributed by atoms with Gasteiger partial charge >= 0.3 is 5.97 Å². The Morgan fingerprint density at radius 1 is 1.35 bits per heavy atom. The fourth-order valence-electron chi connectivity index (χ4n) is 1.32. The quantitative estimate of drug-likeness (QED) is 0.191. The summed E-state index contributed by atoms with van der Waals surface area (Å²) in [6.45, 7) is 14.2. The lowest BCUT2D eigenvalue weighted by molar-refractivity contribution is -0.402. The van der Waals surface area contributed by atoms with E-state index in [9.17, 15) is 4.79 Å². The monoisotopic (exact) mass is 288 g/mol. The predicted octanol–water partition coefficient (Wildman–Crippen LogP) is 2.36. The number of carbonyl (C=O) groups excluding carboxylic acids is 1. The normalized spacial score (nSPS) is 15.0. The third-order valence-corrected chi connectivity index (χ3v) is 2.10. The van der Waals surface area contributed by atoms with Gasteiger partial charge in [0, 0.05) is 19.1 Å². The van der Waals surface area contributed by atoms with Gasteiger partial charge in [-0.1, -0.05) is 13.2 Å². The molecule has 0 aliphatic carbocycles. The van der Waals surface area contributed by atoms with Crippen molar-refractivity contribution in [3.63, 3.8) is 0 Å². The zero-order valence-electron chi connectivity index (χ0n) is 12.6. The van der Waals surface area contributed by atoms with Crippen LogP contribution < -0.4 is 0 Å². The Morgan fingerprint density at radius 2 is 2.00 bits per heavy atom. The number of rotatable bonds is 11. The van der Waals surface area contributed by atoms with E-state index in [1.807, 2.05) is 6.92 Å². The minimum absolute atomic E-state index is 0.0778. The van der Waals surface area contributed by atoms with Crippen LogP contribution in [0.5, 0.6) is 0 Å². The lowest BCUT2D eigenvalue weighted by Crippen LogP contribution is -2.40. The summed E-state index contributed by atoms with van der Waals surface area (Å²) in [5.41, 5.74) is 0.335. The molecule has 6 heteroatoms. The van der Waals surface area contributed by atoms with Gasteiger partial charge in [-0.25, -0.2) is 4.79 Å². The first-order valence-electron chi connectivity index (χ1n) is 6.39. The molecule has 2 atom stereocenters. The van der Waals surface area contributed by atoms with Crippen LogP contribution in [0.3, 0.4) is 0 Å². The molecule has 0 aromatic rings. The van der Waals surface area contributed by atoms with E-state index >= 15 is 0 Å². The van der Waals surface area contributed by atoms with Crippen molar-refractivity contribution in [3.8, 4) is 0 Å². The second kappa shape index (κ2) is 9.52. The van der Waals surface area contributed by atoms with Crippen LogP contribution in [0.15, 0.2) is 25.0 Å². The van der Waals surface area contributed by atoms with Crippen molar-refractivity contribution in [2.75, 3.05) is 19.8 Å². The minimum atomic E-state index is -1.28. The Labute approximate surface area is 120 Å². The molecule has 20 heavy (non-hydrogen) atoms. The van der Waals surface area contributed by atoms with E-state index in [4.69, 9.17) is 23.7 Å². The molecule has 2 unspecified atom stereocenters. The Bertz CT molecular complexity index is 328. The second-order valence-corrected chi connectivity index (χ2v) is 4.05. The largest absolute Gasteiger partial charge is 0.473 e. The minimum Gasteiger partial charge on any atom is -0.473 e. The molecule has 0 radical (unpaired) electrons. The van der Waals surface area contributed by atoms with Gasteiger partial charge in [-0.15, -0.1) is 0 Å². The van der Waals surface area contributed by atoms with Crippen molar-refractivity contribution in [1.82, 2.24) is 0 Å². The molecule has 0 heterocycles. The summed E-state index contributed by atoms with van der Waals surface area (Å²) in [6, 6.07) is 0. The summed E-state index contributed by atoms with van der Waals surface area (Å²) in [7, 11) is 0. The van der Waals surface area contributed by atoms with Gasteiger partial charge in [-0.05, 0) is 20.8 Å². The Balaban J connectivity index is 4.21. The van der Waals surface area contributed by atoms with Crippen LogP contribution in [-0.2, 0) is 28.5 Å². The van der Waals surface area contributed by atoms with Crippen LogP contribution in [0.4, 0.5) is 0 Å². The second-order valence-electron chi connectivity index (χ2n) is 4.05. The van der Waals surface area contributed by atoms with Crippen molar-refractivity contribution in [1.29, 1.82) is 0 Å². The summed E-state index contributed by atoms with van der Waals surface area (Å²) >= 11 is 0. The van der Waals surface area contributed by atoms with Crippen LogP contribution in [0, 0.1) is 0 Å².